The number of unbranched alkanes of at least 4 members (excludes halogenated alkanes) is 47. The Hall–Kier alpha value is -2.12. The van der Waals surface area contributed by atoms with Crippen LogP contribution in [0.5, 0.6) is 0 Å². The monoisotopic (exact) mass is 1220 g/mol. The fourth-order valence-corrected chi connectivity index (χ4v) is 11.9. The predicted molar refractivity (Wildman–Crippen MR) is 361 cm³/mol. The third-order valence-electron chi connectivity index (χ3n) is 17.8. The molecule has 0 aliphatic carbocycles. The van der Waals surface area contributed by atoms with E-state index in [0.29, 0.717) is 19.3 Å². The molecule has 0 saturated carbocycles. The van der Waals surface area contributed by atoms with Crippen LogP contribution in [0.1, 0.15) is 367 Å². The van der Waals surface area contributed by atoms with Crippen molar-refractivity contribution >= 4 is 11.9 Å². The molecule has 1 amide bonds. The summed E-state index contributed by atoms with van der Waals surface area (Å²) in [5, 5.41) is 57.3. The van der Waals surface area contributed by atoms with E-state index in [4.69, 9.17) is 14.2 Å². The molecule has 6 N–H and O–H groups in total. The van der Waals surface area contributed by atoms with Gasteiger partial charge < -0.3 is 45.1 Å². The van der Waals surface area contributed by atoms with E-state index >= 15 is 0 Å². The molecule has 1 aliphatic heterocycles. The van der Waals surface area contributed by atoms with E-state index in [-0.39, 0.29) is 13.0 Å². The lowest BCUT2D eigenvalue weighted by atomic mass is 9.99. The van der Waals surface area contributed by atoms with Gasteiger partial charge in [0, 0.05) is 6.42 Å². The number of rotatable bonds is 65. The summed E-state index contributed by atoms with van der Waals surface area (Å²) < 4.78 is 17.7. The third kappa shape index (κ3) is 49.6. The highest BCUT2D eigenvalue weighted by molar-refractivity contribution is 5.80. The third-order valence-corrected chi connectivity index (χ3v) is 17.8. The fraction of sp³-hybridized carbons (Fsp3) is 0.893. The molecule has 0 aromatic rings. The van der Waals surface area contributed by atoms with Crippen LogP contribution >= 0.6 is 0 Å². The van der Waals surface area contributed by atoms with Crippen LogP contribution in [0.2, 0.25) is 0 Å². The second-order valence-electron chi connectivity index (χ2n) is 26.0. The maximum atomic E-state index is 13.5. The van der Waals surface area contributed by atoms with Crippen molar-refractivity contribution in [1.29, 1.82) is 0 Å². The minimum Gasteiger partial charge on any atom is -0.454 e. The van der Waals surface area contributed by atoms with Crippen LogP contribution < -0.4 is 5.32 Å². The Morgan fingerprint density at radius 2 is 0.802 bits per heavy atom. The number of amides is 1. The number of hydrogen-bond donors (Lipinski definition) is 6. The van der Waals surface area contributed by atoms with Gasteiger partial charge in [-0.25, -0.2) is 0 Å². The number of aliphatic hydroxyl groups is 5. The second kappa shape index (κ2) is 63.0. The molecular formula is C75H141NO10. The zero-order chi connectivity index (χ0) is 62.4. The van der Waals surface area contributed by atoms with Gasteiger partial charge in [-0.2, -0.15) is 0 Å². The van der Waals surface area contributed by atoms with Crippen molar-refractivity contribution in [1.82, 2.24) is 5.32 Å². The van der Waals surface area contributed by atoms with Gasteiger partial charge in [0.05, 0.1) is 25.4 Å². The Morgan fingerprint density at radius 1 is 0.453 bits per heavy atom. The molecule has 0 aromatic carbocycles. The standard InChI is InChI=1S/C75H141NO10/c1-4-7-10-13-16-19-22-25-27-29-31-32-33-34-35-36-37-39-40-42-44-47-50-53-56-59-62-68(79)74(83)76-66(67(78)61-58-55-52-49-46-24-21-18-15-12-9-6-3)65-84-75-73(72(82)71(81)69(64-77)85-75)86-70(80)63-60-57-54-51-48-45-43-41-38-30-28-26-23-20-17-14-11-8-5-2/h17,20,26,28,58,61,66-69,71-73,75,77-79,81-82H,4-16,18-19,21-25,27,29-57,59-60,62-65H2,1-3H3,(H,76,83)/b20-17-,28-26-,61-58+. The molecule has 0 aromatic heterocycles. The summed E-state index contributed by atoms with van der Waals surface area (Å²) in [6, 6.07) is -1.02. The van der Waals surface area contributed by atoms with Crippen molar-refractivity contribution in [3.8, 4) is 0 Å². The fourth-order valence-electron chi connectivity index (χ4n) is 11.9. The lowest BCUT2D eigenvalue weighted by Crippen LogP contribution is -2.61. The van der Waals surface area contributed by atoms with Gasteiger partial charge in [-0.15, -0.1) is 0 Å². The molecule has 1 heterocycles. The van der Waals surface area contributed by atoms with Crippen molar-refractivity contribution in [2.45, 2.75) is 416 Å². The van der Waals surface area contributed by atoms with E-state index in [1.54, 1.807) is 6.08 Å². The number of esters is 1. The molecule has 0 bridgehead atoms. The molecule has 8 atom stereocenters. The Bertz CT molecular complexity index is 1540. The highest BCUT2D eigenvalue weighted by Gasteiger charge is 2.47. The van der Waals surface area contributed by atoms with E-state index in [9.17, 15) is 35.1 Å². The highest BCUT2D eigenvalue weighted by atomic mass is 16.7. The van der Waals surface area contributed by atoms with Gasteiger partial charge in [-0.1, -0.05) is 340 Å². The Kier molecular flexibility index (Phi) is 60.0. The van der Waals surface area contributed by atoms with Crippen LogP contribution in [0.15, 0.2) is 36.5 Å². The molecule has 11 heteroatoms. The Balaban J connectivity index is 2.52. The summed E-state index contributed by atoms with van der Waals surface area (Å²) in [6.07, 6.45) is 67.7. The Morgan fingerprint density at radius 3 is 1.21 bits per heavy atom. The van der Waals surface area contributed by atoms with E-state index in [0.717, 1.165) is 70.6 Å². The van der Waals surface area contributed by atoms with Crippen LogP contribution in [-0.4, -0.2) is 99.6 Å². The molecule has 1 saturated heterocycles. The zero-order valence-corrected chi connectivity index (χ0v) is 56.5. The maximum absolute atomic E-state index is 13.5. The van der Waals surface area contributed by atoms with Gasteiger partial charge in [0.15, 0.2) is 12.4 Å². The van der Waals surface area contributed by atoms with E-state index in [2.05, 4.69) is 50.4 Å². The summed E-state index contributed by atoms with van der Waals surface area (Å²) in [5.41, 5.74) is 0. The van der Waals surface area contributed by atoms with Crippen molar-refractivity contribution in [3.63, 3.8) is 0 Å². The quantitative estimate of drug-likeness (QED) is 0.0195. The van der Waals surface area contributed by atoms with Crippen molar-refractivity contribution in [2.75, 3.05) is 13.2 Å². The first-order valence-electron chi connectivity index (χ1n) is 37.3. The van der Waals surface area contributed by atoms with Gasteiger partial charge in [-0.05, 0) is 57.8 Å². The summed E-state index contributed by atoms with van der Waals surface area (Å²) in [7, 11) is 0. The lowest BCUT2D eigenvalue weighted by Gasteiger charge is -2.41. The molecule has 86 heavy (non-hydrogen) atoms. The largest absolute Gasteiger partial charge is 0.454 e. The number of allylic oxidation sites excluding steroid dienone is 5. The summed E-state index contributed by atoms with van der Waals surface area (Å²) in [5.74, 6) is -1.18. The van der Waals surface area contributed by atoms with Crippen LogP contribution in [0, 0.1) is 0 Å². The highest BCUT2D eigenvalue weighted by Crippen LogP contribution is 2.27. The predicted octanol–water partition coefficient (Wildman–Crippen LogP) is 19.4. The van der Waals surface area contributed by atoms with Crippen LogP contribution in [-0.2, 0) is 23.8 Å². The molecular weight excluding hydrogens is 1070 g/mol. The van der Waals surface area contributed by atoms with Gasteiger partial charge in [0.2, 0.25) is 5.91 Å². The summed E-state index contributed by atoms with van der Waals surface area (Å²) in [6.45, 7) is 5.82. The van der Waals surface area contributed by atoms with Crippen molar-refractivity contribution in [2.24, 2.45) is 0 Å². The SMILES string of the molecule is CCCCC/C=C\C/C=C\CCCCCCCCCCCC(=O)OC1C(OCC(NC(=O)C(O)CCCCCCCCCCCCCCCCCCCCCCCCCCCC)C(O)/C=C/CCCCCCCCCCCC)OC(CO)C(O)C1O. The number of carbonyl (C=O) groups is 2. The van der Waals surface area contributed by atoms with Crippen LogP contribution in [0.3, 0.4) is 0 Å². The molecule has 1 fully saturated rings. The smallest absolute Gasteiger partial charge is 0.306 e. The summed E-state index contributed by atoms with van der Waals surface area (Å²) in [4.78, 5) is 26.7. The van der Waals surface area contributed by atoms with Gasteiger partial charge in [0.1, 0.15) is 24.4 Å². The molecule has 11 nitrogen and oxygen atoms in total. The lowest BCUT2D eigenvalue weighted by molar-refractivity contribution is -0.305. The first-order chi connectivity index (χ1) is 42.2. The van der Waals surface area contributed by atoms with Crippen LogP contribution in [0.25, 0.3) is 0 Å². The Labute approximate surface area is 530 Å². The topological polar surface area (TPSA) is 175 Å². The summed E-state index contributed by atoms with van der Waals surface area (Å²) >= 11 is 0. The number of carbonyl (C=O) groups excluding carboxylic acids is 2. The molecule has 0 radical (unpaired) electrons. The normalized spacial score (nSPS) is 18.4. The first-order valence-corrected chi connectivity index (χ1v) is 37.3. The minimum absolute atomic E-state index is 0.121. The number of ether oxygens (including phenoxy) is 3. The minimum atomic E-state index is -1.61. The number of nitrogens with one attached hydrogen (secondary N) is 1. The average molecular weight is 1220 g/mol. The van der Waals surface area contributed by atoms with Gasteiger partial charge in [-0.3, -0.25) is 9.59 Å². The van der Waals surface area contributed by atoms with Crippen molar-refractivity contribution in [3.05, 3.63) is 36.5 Å². The molecule has 0 spiro atoms. The number of hydrogen-bond acceptors (Lipinski definition) is 10. The van der Waals surface area contributed by atoms with Gasteiger partial charge in [0.25, 0.3) is 0 Å². The second-order valence-corrected chi connectivity index (χ2v) is 26.0. The van der Waals surface area contributed by atoms with E-state index < -0.39 is 67.4 Å². The first kappa shape index (κ1) is 81.9. The van der Waals surface area contributed by atoms with Crippen LogP contribution in [0.4, 0.5) is 0 Å². The molecule has 506 valence electrons. The van der Waals surface area contributed by atoms with E-state index in [1.807, 2.05) is 6.08 Å². The zero-order valence-electron chi connectivity index (χ0n) is 56.5. The molecule has 1 rings (SSSR count). The number of aliphatic hydroxyl groups excluding tert-OH is 5. The molecule has 8 unspecified atom stereocenters. The molecule has 1 aliphatic rings. The van der Waals surface area contributed by atoms with E-state index in [1.165, 1.54) is 250 Å². The maximum Gasteiger partial charge on any atom is 0.306 e. The van der Waals surface area contributed by atoms with Crippen molar-refractivity contribution < 1.29 is 49.3 Å². The van der Waals surface area contributed by atoms with Gasteiger partial charge >= 0.3 is 5.97 Å². The average Bonchev–Trinajstić information content (AvgIpc) is 3.01.